The van der Waals surface area contributed by atoms with Gasteiger partial charge in [-0.25, -0.2) is 0 Å². The van der Waals surface area contributed by atoms with Crippen molar-refractivity contribution < 1.29 is 9.53 Å². The molecule has 0 aromatic heterocycles. The fourth-order valence-corrected chi connectivity index (χ4v) is 2.72. The van der Waals surface area contributed by atoms with Gasteiger partial charge in [0.1, 0.15) is 11.5 Å². The Bertz CT molecular complexity index is 458. The van der Waals surface area contributed by atoms with Crippen LogP contribution in [0.4, 0.5) is 0 Å². The summed E-state index contributed by atoms with van der Waals surface area (Å²) in [5, 5.41) is 0. The molecule has 0 saturated heterocycles. The Labute approximate surface area is 130 Å². The van der Waals surface area contributed by atoms with Gasteiger partial charge in [0.15, 0.2) is 0 Å². The van der Waals surface area contributed by atoms with Crippen LogP contribution in [-0.4, -0.2) is 19.4 Å². The molecule has 0 radical (unpaired) electrons. The van der Waals surface area contributed by atoms with Gasteiger partial charge in [-0.15, -0.1) is 0 Å². The van der Waals surface area contributed by atoms with Gasteiger partial charge in [0.25, 0.3) is 0 Å². The number of hydrogen-bond acceptors (Lipinski definition) is 3. The Morgan fingerprint density at radius 3 is 2.60 bits per heavy atom. The fourth-order valence-electron chi connectivity index (χ4n) is 2.13. The molecule has 0 amide bonds. The number of nitrogens with two attached hydrogens (primary N) is 1. The van der Waals surface area contributed by atoms with Crippen LogP contribution in [0.5, 0.6) is 5.75 Å². The van der Waals surface area contributed by atoms with E-state index in [2.05, 4.69) is 29.8 Å². The molecule has 0 aliphatic heterocycles. The lowest BCUT2D eigenvalue weighted by molar-refractivity contribution is -0.119. The maximum absolute atomic E-state index is 12.1. The van der Waals surface area contributed by atoms with Crippen LogP contribution < -0.4 is 10.5 Å². The summed E-state index contributed by atoms with van der Waals surface area (Å²) in [5.74, 6) is 1.05. The lowest BCUT2D eigenvalue weighted by atomic mass is 9.83. The average Bonchev–Trinajstić information content (AvgIpc) is 2.37. The van der Waals surface area contributed by atoms with Crippen LogP contribution in [0.25, 0.3) is 0 Å². The summed E-state index contributed by atoms with van der Waals surface area (Å²) in [5.41, 5.74) is 6.74. The van der Waals surface area contributed by atoms with Crippen molar-refractivity contribution in [3.63, 3.8) is 0 Å². The Hall–Kier alpha value is -0.870. The van der Waals surface area contributed by atoms with Crippen molar-refractivity contribution in [2.45, 2.75) is 39.5 Å². The fraction of sp³-hybridized carbons (Fsp3) is 0.562. The van der Waals surface area contributed by atoms with Gasteiger partial charge in [0, 0.05) is 12.8 Å². The summed E-state index contributed by atoms with van der Waals surface area (Å²) < 4.78 is 6.06. The molecule has 4 heteroatoms. The SMILES string of the molecule is COc1ccc(CC(=O)CCC(C)(C)CCN)cc1Br. The Morgan fingerprint density at radius 2 is 2.05 bits per heavy atom. The number of ketones is 1. The second kappa shape index (κ2) is 7.79. The molecule has 20 heavy (non-hydrogen) atoms. The van der Waals surface area contributed by atoms with E-state index in [1.165, 1.54) is 0 Å². The lowest BCUT2D eigenvalue weighted by Gasteiger charge is -2.23. The van der Waals surface area contributed by atoms with Gasteiger partial charge in [-0.1, -0.05) is 19.9 Å². The van der Waals surface area contributed by atoms with Crippen LogP contribution in [0.2, 0.25) is 0 Å². The van der Waals surface area contributed by atoms with Crippen molar-refractivity contribution in [1.29, 1.82) is 0 Å². The van der Waals surface area contributed by atoms with Gasteiger partial charge in [-0.3, -0.25) is 4.79 Å². The summed E-state index contributed by atoms with van der Waals surface area (Å²) in [6, 6.07) is 5.76. The summed E-state index contributed by atoms with van der Waals surface area (Å²) in [6.45, 7) is 5.00. The first-order valence-corrected chi connectivity index (χ1v) is 7.71. The first kappa shape index (κ1) is 17.2. The summed E-state index contributed by atoms with van der Waals surface area (Å²) in [6.07, 6.45) is 2.92. The van der Waals surface area contributed by atoms with Crippen LogP contribution in [0.1, 0.15) is 38.7 Å². The monoisotopic (exact) mass is 341 g/mol. The molecule has 0 saturated carbocycles. The first-order valence-electron chi connectivity index (χ1n) is 6.92. The molecule has 112 valence electrons. The summed E-state index contributed by atoms with van der Waals surface area (Å²) in [4.78, 5) is 12.1. The number of rotatable bonds is 8. The number of carbonyl (C=O) groups is 1. The highest BCUT2D eigenvalue weighted by molar-refractivity contribution is 9.10. The largest absolute Gasteiger partial charge is 0.496 e. The highest BCUT2D eigenvalue weighted by Crippen LogP contribution is 2.28. The highest BCUT2D eigenvalue weighted by atomic mass is 79.9. The standard InChI is InChI=1S/C16H24BrNO2/c1-16(2,8-9-18)7-6-13(19)10-12-4-5-15(20-3)14(17)11-12/h4-5,11H,6-10,18H2,1-3H3. The first-order chi connectivity index (χ1) is 9.38. The molecule has 0 heterocycles. The van der Waals surface area contributed by atoms with E-state index in [4.69, 9.17) is 10.5 Å². The van der Waals surface area contributed by atoms with Crippen molar-refractivity contribution in [2.24, 2.45) is 11.1 Å². The molecular formula is C16H24BrNO2. The molecule has 0 bridgehead atoms. The molecule has 3 nitrogen and oxygen atoms in total. The highest BCUT2D eigenvalue weighted by Gasteiger charge is 2.18. The van der Waals surface area contributed by atoms with Crippen LogP contribution in [-0.2, 0) is 11.2 Å². The smallest absolute Gasteiger partial charge is 0.137 e. The normalized spacial score (nSPS) is 11.4. The molecule has 0 fully saturated rings. The topological polar surface area (TPSA) is 52.3 Å². The average molecular weight is 342 g/mol. The van der Waals surface area contributed by atoms with Gasteiger partial charge >= 0.3 is 0 Å². The third-order valence-corrected chi connectivity index (χ3v) is 4.14. The zero-order chi connectivity index (χ0) is 15.2. The second-order valence-corrected chi connectivity index (χ2v) is 6.74. The molecule has 0 aliphatic carbocycles. The van der Waals surface area contributed by atoms with Crippen molar-refractivity contribution >= 4 is 21.7 Å². The number of carbonyl (C=O) groups excluding carboxylic acids is 1. The molecule has 1 aromatic carbocycles. The van der Waals surface area contributed by atoms with E-state index in [0.29, 0.717) is 19.4 Å². The maximum atomic E-state index is 12.1. The Kier molecular flexibility index (Phi) is 6.69. The zero-order valence-corrected chi connectivity index (χ0v) is 14.1. The molecule has 0 aliphatic rings. The second-order valence-electron chi connectivity index (χ2n) is 5.89. The molecule has 0 atom stereocenters. The number of ether oxygens (including phenoxy) is 1. The molecule has 0 spiro atoms. The van der Waals surface area contributed by atoms with Crippen LogP contribution in [0, 0.1) is 5.41 Å². The molecular weight excluding hydrogens is 318 g/mol. The van der Waals surface area contributed by atoms with Crippen LogP contribution >= 0.6 is 15.9 Å². The summed E-state index contributed by atoms with van der Waals surface area (Å²) >= 11 is 3.44. The van der Waals surface area contributed by atoms with Crippen molar-refractivity contribution in [3.05, 3.63) is 28.2 Å². The quantitative estimate of drug-likeness (QED) is 0.783. The Morgan fingerprint density at radius 1 is 1.35 bits per heavy atom. The number of halogens is 1. The Balaban J connectivity index is 2.52. The molecule has 1 rings (SSSR count). The molecule has 0 unspecified atom stereocenters. The predicted molar refractivity (Wildman–Crippen MR) is 86.1 cm³/mol. The van der Waals surface area contributed by atoms with Gasteiger partial charge in [-0.2, -0.15) is 0 Å². The zero-order valence-electron chi connectivity index (χ0n) is 12.5. The van der Waals surface area contributed by atoms with Crippen LogP contribution in [0.3, 0.4) is 0 Å². The minimum absolute atomic E-state index is 0.144. The third-order valence-electron chi connectivity index (χ3n) is 3.52. The number of benzene rings is 1. The van der Waals surface area contributed by atoms with E-state index in [0.717, 1.165) is 28.6 Å². The van der Waals surface area contributed by atoms with Gasteiger partial charge in [-0.05, 0) is 58.4 Å². The van der Waals surface area contributed by atoms with E-state index < -0.39 is 0 Å². The number of methoxy groups -OCH3 is 1. The van der Waals surface area contributed by atoms with E-state index in [1.54, 1.807) is 7.11 Å². The molecule has 2 N–H and O–H groups in total. The van der Waals surface area contributed by atoms with Crippen LogP contribution in [0.15, 0.2) is 22.7 Å². The third kappa shape index (κ3) is 5.63. The number of Topliss-reactive ketones (excluding diaryl/α,β-unsaturated/α-hetero) is 1. The van der Waals surface area contributed by atoms with Gasteiger partial charge < -0.3 is 10.5 Å². The minimum atomic E-state index is 0.144. The van der Waals surface area contributed by atoms with Gasteiger partial charge in [0.05, 0.1) is 11.6 Å². The van der Waals surface area contributed by atoms with Crippen molar-refractivity contribution in [2.75, 3.05) is 13.7 Å². The minimum Gasteiger partial charge on any atom is -0.496 e. The van der Waals surface area contributed by atoms with Gasteiger partial charge in [0.2, 0.25) is 0 Å². The van der Waals surface area contributed by atoms with E-state index in [1.807, 2.05) is 18.2 Å². The summed E-state index contributed by atoms with van der Waals surface area (Å²) in [7, 11) is 1.63. The number of hydrogen-bond donors (Lipinski definition) is 1. The van der Waals surface area contributed by atoms with E-state index in [9.17, 15) is 4.79 Å². The van der Waals surface area contributed by atoms with E-state index >= 15 is 0 Å². The van der Waals surface area contributed by atoms with Crippen molar-refractivity contribution in [3.8, 4) is 5.75 Å². The maximum Gasteiger partial charge on any atom is 0.137 e. The van der Waals surface area contributed by atoms with E-state index in [-0.39, 0.29) is 11.2 Å². The predicted octanol–water partition coefficient (Wildman–Crippen LogP) is 3.72. The van der Waals surface area contributed by atoms with Crippen molar-refractivity contribution in [1.82, 2.24) is 0 Å². The molecule has 1 aromatic rings. The lowest BCUT2D eigenvalue weighted by Crippen LogP contribution is -2.18.